The largest absolute Gasteiger partial charge is 0.378 e. The summed E-state index contributed by atoms with van der Waals surface area (Å²) in [6.07, 6.45) is 4.96. The van der Waals surface area contributed by atoms with Crippen LogP contribution in [0, 0.1) is 0 Å². The van der Waals surface area contributed by atoms with Gasteiger partial charge in [-0.3, -0.25) is 4.79 Å². The van der Waals surface area contributed by atoms with E-state index in [1.54, 1.807) is 6.20 Å². The molecule has 9 heteroatoms. The minimum absolute atomic E-state index is 0.0526. The van der Waals surface area contributed by atoms with E-state index in [4.69, 9.17) is 16.3 Å². The lowest BCUT2D eigenvalue weighted by Gasteiger charge is -2.30. The third-order valence-electron chi connectivity index (χ3n) is 6.43. The zero-order chi connectivity index (χ0) is 24.2. The number of carbonyl (C=O) groups excluding carboxylic acids is 1. The van der Waals surface area contributed by atoms with E-state index in [9.17, 15) is 4.79 Å². The van der Waals surface area contributed by atoms with Gasteiger partial charge in [0.15, 0.2) is 0 Å². The molecule has 1 amide bonds. The number of amides is 1. The zero-order valence-electron chi connectivity index (χ0n) is 19.7. The fourth-order valence-corrected chi connectivity index (χ4v) is 4.37. The summed E-state index contributed by atoms with van der Waals surface area (Å²) in [5.41, 5.74) is 3.28. The van der Waals surface area contributed by atoms with Crippen LogP contribution in [-0.2, 0) is 4.74 Å². The van der Waals surface area contributed by atoms with Crippen molar-refractivity contribution in [2.75, 3.05) is 48.5 Å². The van der Waals surface area contributed by atoms with Gasteiger partial charge >= 0.3 is 0 Å². The summed E-state index contributed by atoms with van der Waals surface area (Å²) in [5, 5.41) is 7.11. The molecule has 1 aliphatic carbocycles. The molecule has 0 radical (unpaired) electrons. The molecular formula is C26H29ClN6O2. The van der Waals surface area contributed by atoms with Crippen LogP contribution in [0.1, 0.15) is 29.6 Å². The van der Waals surface area contributed by atoms with Crippen LogP contribution in [0.4, 0.5) is 28.8 Å². The van der Waals surface area contributed by atoms with Crippen molar-refractivity contribution in [3.05, 3.63) is 65.3 Å². The lowest BCUT2D eigenvalue weighted by Crippen LogP contribution is -2.40. The molecule has 2 heterocycles. The number of halogens is 1. The summed E-state index contributed by atoms with van der Waals surface area (Å²) < 4.78 is 5.51. The highest BCUT2D eigenvalue weighted by atomic mass is 35.5. The van der Waals surface area contributed by atoms with Gasteiger partial charge in [-0.1, -0.05) is 17.7 Å². The first-order valence-electron chi connectivity index (χ1n) is 11.9. The van der Waals surface area contributed by atoms with Crippen LogP contribution < -0.4 is 20.4 Å². The van der Waals surface area contributed by atoms with Gasteiger partial charge in [0.1, 0.15) is 5.82 Å². The van der Waals surface area contributed by atoms with Crippen molar-refractivity contribution in [3.63, 3.8) is 0 Å². The first-order chi connectivity index (χ1) is 17.0. The Morgan fingerprint density at radius 3 is 2.71 bits per heavy atom. The van der Waals surface area contributed by atoms with Crippen LogP contribution >= 0.6 is 11.6 Å². The van der Waals surface area contributed by atoms with Crippen LogP contribution in [0.3, 0.4) is 0 Å². The van der Waals surface area contributed by atoms with Crippen LogP contribution in [-0.4, -0.2) is 55.3 Å². The lowest BCUT2D eigenvalue weighted by molar-refractivity contribution is 0.0917. The number of nitrogens with zero attached hydrogens (tertiary/aromatic N) is 4. The van der Waals surface area contributed by atoms with Crippen LogP contribution in [0.2, 0.25) is 5.02 Å². The Morgan fingerprint density at radius 1 is 1.14 bits per heavy atom. The zero-order valence-corrected chi connectivity index (χ0v) is 20.5. The van der Waals surface area contributed by atoms with Crippen molar-refractivity contribution in [2.45, 2.75) is 25.3 Å². The van der Waals surface area contributed by atoms with E-state index in [0.717, 1.165) is 48.8 Å². The molecule has 2 aromatic carbocycles. The summed E-state index contributed by atoms with van der Waals surface area (Å²) in [7, 11) is 1.93. The molecule has 182 valence electrons. The number of aromatic nitrogens is 2. The number of hydrogen-bond acceptors (Lipinski definition) is 7. The van der Waals surface area contributed by atoms with Crippen molar-refractivity contribution in [2.24, 2.45) is 0 Å². The van der Waals surface area contributed by atoms with E-state index in [0.29, 0.717) is 29.7 Å². The Labute approximate surface area is 210 Å². The summed E-state index contributed by atoms with van der Waals surface area (Å²) in [4.78, 5) is 26.3. The van der Waals surface area contributed by atoms with E-state index in [1.165, 1.54) is 6.42 Å². The number of morpholine rings is 1. The highest BCUT2D eigenvalue weighted by Crippen LogP contribution is 2.28. The summed E-state index contributed by atoms with van der Waals surface area (Å²) in [6.45, 7) is 2.90. The van der Waals surface area contributed by atoms with Gasteiger partial charge < -0.3 is 25.2 Å². The third kappa shape index (κ3) is 5.66. The molecule has 2 aliphatic rings. The number of ether oxygens (including phenoxy) is 1. The third-order valence-corrected chi connectivity index (χ3v) is 6.67. The maximum atomic E-state index is 13.0. The van der Waals surface area contributed by atoms with E-state index in [2.05, 4.69) is 25.5 Å². The van der Waals surface area contributed by atoms with Crippen molar-refractivity contribution < 1.29 is 9.53 Å². The molecule has 0 spiro atoms. The van der Waals surface area contributed by atoms with E-state index < -0.39 is 0 Å². The molecule has 8 nitrogen and oxygen atoms in total. The highest BCUT2D eigenvalue weighted by Gasteiger charge is 2.22. The minimum Gasteiger partial charge on any atom is -0.378 e. The standard InChI is InChI=1S/C26H29ClN6O2/c1-32(22-7-2-4-19(27)16-22)24-8-9-28-26(31-24)30-21-14-18(25(34)29-20-5-3-6-20)15-23(17-21)33-10-12-35-13-11-33/h2,4,7-9,14-17,20H,3,5-6,10-13H2,1H3,(H,29,34)(H,28,30,31). The maximum absolute atomic E-state index is 13.0. The number of anilines is 5. The van der Waals surface area contributed by atoms with Gasteiger partial charge in [0.25, 0.3) is 5.91 Å². The molecule has 0 bridgehead atoms. The lowest BCUT2D eigenvalue weighted by atomic mass is 9.93. The van der Waals surface area contributed by atoms with Crippen molar-refractivity contribution >= 4 is 46.3 Å². The van der Waals surface area contributed by atoms with Crippen LogP contribution in [0.15, 0.2) is 54.7 Å². The van der Waals surface area contributed by atoms with Gasteiger partial charge in [0.2, 0.25) is 5.95 Å². The fourth-order valence-electron chi connectivity index (χ4n) is 4.18. The van der Waals surface area contributed by atoms with Gasteiger partial charge in [0.05, 0.1) is 13.2 Å². The van der Waals surface area contributed by atoms with Crippen molar-refractivity contribution in [1.29, 1.82) is 0 Å². The molecule has 2 fully saturated rings. The monoisotopic (exact) mass is 492 g/mol. The molecule has 2 N–H and O–H groups in total. The average Bonchev–Trinajstić information content (AvgIpc) is 2.86. The first-order valence-corrected chi connectivity index (χ1v) is 12.3. The van der Waals surface area contributed by atoms with Gasteiger partial charge in [-0.2, -0.15) is 4.98 Å². The Bertz CT molecular complexity index is 1200. The molecule has 1 saturated carbocycles. The van der Waals surface area contributed by atoms with Crippen molar-refractivity contribution in [1.82, 2.24) is 15.3 Å². The Balaban J connectivity index is 1.41. The first kappa shape index (κ1) is 23.4. The number of carbonyl (C=O) groups is 1. The second-order valence-electron chi connectivity index (χ2n) is 8.87. The van der Waals surface area contributed by atoms with E-state index in [-0.39, 0.29) is 11.9 Å². The number of rotatable bonds is 7. The SMILES string of the molecule is CN(c1cccc(Cl)c1)c1ccnc(Nc2cc(C(=O)NC3CCC3)cc(N3CCOCC3)c2)n1. The van der Waals surface area contributed by atoms with Gasteiger partial charge in [0, 0.05) is 60.0 Å². The molecule has 0 unspecified atom stereocenters. The molecule has 35 heavy (non-hydrogen) atoms. The fraction of sp³-hybridized carbons (Fsp3) is 0.346. The molecular weight excluding hydrogens is 464 g/mol. The van der Waals surface area contributed by atoms with E-state index in [1.807, 2.05) is 60.5 Å². The number of benzene rings is 2. The Morgan fingerprint density at radius 2 is 1.97 bits per heavy atom. The summed E-state index contributed by atoms with van der Waals surface area (Å²) in [6, 6.07) is 15.6. The summed E-state index contributed by atoms with van der Waals surface area (Å²) >= 11 is 6.16. The highest BCUT2D eigenvalue weighted by molar-refractivity contribution is 6.30. The normalized spacial score (nSPS) is 15.9. The predicted molar refractivity (Wildman–Crippen MR) is 139 cm³/mol. The van der Waals surface area contributed by atoms with Crippen molar-refractivity contribution in [3.8, 4) is 0 Å². The van der Waals surface area contributed by atoms with Gasteiger partial charge in [-0.15, -0.1) is 0 Å². The predicted octanol–water partition coefficient (Wildman–Crippen LogP) is 4.76. The number of nitrogens with one attached hydrogen (secondary N) is 2. The Hall–Kier alpha value is -3.36. The molecule has 5 rings (SSSR count). The van der Waals surface area contributed by atoms with E-state index >= 15 is 0 Å². The average molecular weight is 493 g/mol. The minimum atomic E-state index is -0.0526. The van der Waals surface area contributed by atoms with Gasteiger partial charge in [-0.05, 0) is 61.7 Å². The van der Waals surface area contributed by atoms with Gasteiger partial charge in [-0.25, -0.2) is 4.98 Å². The second-order valence-corrected chi connectivity index (χ2v) is 9.31. The topological polar surface area (TPSA) is 82.6 Å². The maximum Gasteiger partial charge on any atom is 0.251 e. The van der Waals surface area contributed by atoms with Crippen LogP contribution in [0.5, 0.6) is 0 Å². The quantitative estimate of drug-likeness (QED) is 0.492. The molecule has 1 saturated heterocycles. The molecule has 1 aromatic heterocycles. The Kier molecular flexibility index (Phi) is 7.01. The molecule has 0 atom stereocenters. The molecule has 3 aromatic rings. The smallest absolute Gasteiger partial charge is 0.251 e. The van der Waals surface area contributed by atoms with Crippen LogP contribution in [0.25, 0.3) is 0 Å². The molecule has 1 aliphatic heterocycles. The second kappa shape index (κ2) is 10.5. The summed E-state index contributed by atoms with van der Waals surface area (Å²) in [5.74, 6) is 1.11. The number of hydrogen-bond donors (Lipinski definition) is 2.